The van der Waals surface area contributed by atoms with Gasteiger partial charge in [-0.15, -0.1) is 11.3 Å². The van der Waals surface area contributed by atoms with Crippen LogP contribution in [0.5, 0.6) is 0 Å². The average Bonchev–Trinajstić information content (AvgIpc) is 3.14. The van der Waals surface area contributed by atoms with E-state index in [-0.39, 0.29) is 17.9 Å². The third-order valence-electron chi connectivity index (χ3n) is 5.86. The van der Waals surface area contributed by atoms with E-state index in [1.54, 1.807) is 16.2 Å². The van der Waals surface area contributed by atoms with Gasteiger partial charge in [0.05, 0.1) is 17.7 Å². The zero-order valence-corrected chi connectivity index (χ0v) is 18.5. The maximum absolute atomic E-state index is 12.4. The molecule has 2 aliphatic heterocycles. The largest absolute Gasteiger partial charge is 0.367 e. The Kier molecular flexibility index (Phi) is 6.37. The summed E-state index contributed by atoms with van der Waals surface area (Å²) in [5.74, 6) is -0.184. The van der Waals surface area contributed by atoms with Crippen molar-refractivity contribution in [2.75, 3.05) is 26.7 Å². The molecule has 3 atom stereocenters. The van der Waals surface area contributed by atoms with Gasteiger partial charge in [0.15, 0.2) is 0 Å². The normalized spacial score (nSPS) is 21.8. The molecule has 7 nitrogen and oxygen atoms in total. The fourth-order valence-corrected chi connectivity index (χ4v) is 5.14. The van der Waals surface area contributed by atoms with Crippen molar-refractivity contribution in [2.45, 2.75) is 38.0 Å². The number of benzene rings is 1. The summed E-state index contributed by atoms with van der Waals surface area (Å²) in [5.41, 5.74) is 2.80. The van der Waals surface area contributed by atoms with Crippen molar-refractivity contribution in [2.24, 2.45) is 0 Å². The van der Waals surface area contributed by atoms with E-state index in [1.165, 1.54) is 0 Å². The smallest absolute Gasteiger partial charge is 0.255 e. The van der Waals surface area contributed by atoms with E-state index in [0.29, 0.717) is 19.6 Å². The number of fused-ring (bicyclic) bond motifs is 1. The molecule has 1 unspecified atom stereocenters. The summed E-state index contributed by atoms with van der Waals surface area (Å²) in [5, 5.41) is 15.5. The van der Waals surface area contributed by atoms with E-state index in [0.717, 1.165) is 39.4 Å². The Bertz CT molecular complexity index is 1000. The van der Waals surface area contributed by atoms with Crippen LogP contribution < -0.4 is 10.6 Å². The lowest BCUT2D eigenvalue weighted by Gasteiger charge is -2.18. The molecule has 162 valence electrons. The number of carbonyl (C=O) groups excluding carboxylic acids is 2. The Morgan fingerprint density at radius 2 is 2.19 bits per heavy atom. The van der Waals surface area contributed by atoms with Gasteiger partial charge in [-0.3, -0.25) is 9.59 Å². The van der Waals surface area contributed by atoms with E-state index in [9.17, 15) is 14.9 Å². The molecule has 0 saturated carbocycles. The lowest BCUT2D eigenvalue weighted by Crippen LogP contribution is -2.46. The van der Waals surface area contributed by atoms with Crippen LogP contribution in [0.1, 0.15) is 40.2 Å². The van der Waals surface area contributed by atoms with Crippen molar-refractivity contribution in [3.63, 3.8) is 0 Å². The zero-order chi connectivity index (χ0) is 22.0. The summed E-state index contributed by atoms with van der Waals surface area (Å²) in [6, 6.07) is 11.6. The molecule has 2 amide bonds. The van der Waals surface area contributed by atoms with Gasteiger partial charge >= 0.3 is 0 Å². The van der Waals surface area contributed by atoms with Crippen LogP contribution in [0.3, 0.4) is 0 Å². The van der Waals surface area contributed by atoms with Gasteiger partial charge in [0.1, 0.15) is 12.1 Å². The van der Waals surface area contributed by atoms with E-state index in [1.807, 2.05) is 44.3 Å². The Morgan fingerprint density at radius 3 is 2.90 bits per heavy atom. The van der Waals surface area contributed by atoms with Crippen molar-refractivity contribution in [1.29, 1.82) is 5.26 Å². The molecular formula is C23H26N4O3S. The minimum Gasteiger partial charge on any atom is -0.367 e. The van der Waals surface area contributed by atoms with Crippen LogP contribution in [0.25, 0.3) is 10.4 Å². The molecule has 1 aromatic heterocycles. The summed E-state index contributed by atoms with van der Waals surface area (Å²) >= 11 is 1.65. The van der Waals surface area contributed by atoms with Crippen molar-refractivity contribution < 1.29 is 14.3 Å². The molecule has 0 radical (unpaired) electrons. The highest BCUT2D eigenvalue weighted by atomic mass is 32.1. The van der Waals surface area contributed by atoms with Crippen LogP contribution in [0.4, 0.5) is 0 Å². The number of carbonyl (C=O) groups is 2. The molecule has 1 saturated heterocycles. The van der Waals surface area contributed by atoms with Crippen molar-refractivity contribution >= 4 is 23.2 Å². The molecule has 4 rings (SSSR count). The molecular weight excluding hydrogens is 412 g/mol. The molecule has 0 bridgehead atoms. The minimum absolute atomic E-state index is 0.0714. The van der Waals surface area contributed by atoms with E-state index in [4.69, 9.17) is 4.74 Å². The summed E-state index contributed by atoms with van der Waals surface area (Å²) < 4.78 is 5.56. The van der Waals surface area contributed by atoms with Gasteiger partial charge < -0.3 is 20.3 Å². The molecule has 1 aromatic carbocycles. The third kappa shape index (κ3) is 4.49. The first-order chi connectivity index (χ1) is 15.0. The highest BCUT2D eigenvalue weighted by Gasteiger charge is 2.33. The van der Waals surface area contributed by atoms with Gasteiger partial charge in [0.2, 0.25) is 0 Å². The topological polar surface area (TPSA) is 94.5 Å². The predicted molar refractivity (Wildman–Crippen MR) is 119 cm³/mol. The predicted octanol–water partition coefficient (Wildman–Crippen LogP) is 2.49. The lowest BCUT2D eigenvalue weighted by molar-refractivity contribution is -0.132. The van der Waals surface area contributed by atoms with E-state index >= 15 is 0 Å². The van der Waals surface area contributed by atoms with Crippen LogP contribution in [-0.4, -0.2) is 55.6 Å². The first-order valence-corrected chi connectivity index (χ1v) is 11.3. The highest BCUT2D eigenvalue weighted by Crippen LogP contribution is 2.41. The number of ether oxygens (including phenoxy) is 1. The van der Waals surface area contributed by atoms with Crippen LogP contribution in [0.15, 0.2) is 30.3 Å². The van der Waals surface area contributed by atoms with Crippen LogP contribution in [0, 0.1) is 11.3 Å². The fourth-order valence-electron chi connectivity index (χ4n) is 3.88. The minimum atomic E-state index is -0.621. The standard InChI is InChI=1S/C23H26N4O3S/c1-14-21-18(23(29)27(14)2)11-20(31-21)16-6-4-15(5-7-16)10-17(12-24)26-22(28)19-13-25-8-3-9-30-19/h4-7,11,14,17,19,25H,3,8-10,13H2,1-2H3,(H,26,28)/t14?,17-,19+/m1/s1. The zero-order valence-electron chi connectivity index (χ0n) is 17.7. The maximum atomic E-state index is 12.4. The molecule has 31 heavy (non-hydrogen) atoms. The third-order valence-corrected chi connectivity index (χ3v) is 7.22. The second-order valence-corrected chi connectivity index (χ2v) is 9.07. The first-order valence-electron chi connectivity index (χ1n) is 10.5. The second kappa shape index (κ2) is 9.18. The molecule has 8 heteroatoms. The molecule has 2 N–H and O–H groups in total. The maximum Gasteiger partial charge on any atom is 0.255 e. The molecule has 0 aliphatic carbocycles. The van der Waals surface area contributed by atoms with Gasteiger partial charge in [-0.05, 0) is 37.1 Å². The van der Waals surface area contributed by atoms with E-state index < -0.39 is 12.1 Å². The Labute approximate surface area is 186 Å². The summed E-state index contributed by atoms with van der Waals surface area (Å²) in [6.45, 7) is 3.87. The van der Waals surface area contributed by atoms with Gasteiger partial charge in [-0.2, -0.15) is 5.26 Å². The summed E-state index contributed by atoms with van der Waals surface area (Å²) in [4.78, 5) is 28.7. The van der Waals surface area contributed by atoms with Gasteiger partial charge in [0, 0.05) is 36.4 Å². The number of nitrogens with zero attached hydrogens (tertiary/aromatic N) is 2. The van der Waals surface area contributed by atoms with Gasteiger partial charge in [-0.25, -0.2) is 0 Å². The molecule has 2 aromatic rings. The summed E-state index contributed by atoms with van der Waals surface area (Å²) in [6.07, 6.45) is 0.726. The quantitative estimate of drug-likeness (QED) is 0.748. The molecule has 1 fully saturated rings. The number of rotatable bonds is 5. The summed E-state index contributed by atoms with van der Waals surface area (Å²) in [7, 11) is 1.83. The van der Waals surface area contributed by atoms with Crippen molar-refractivity contribution in [3.05, 3.63) is 46.3 Å². The lowest BCUT2D eigenvalue weighted by atomic mass is 10.0. The van der Waals surface area contributed by atoms with Crippen LogP contribution in [0.2, 0.25) is 0 Å². The molecule has 3 heterocycles. The number of nitrogens with one attached hydrogen (secondary N) is 2. The Balaban J connectivity index is 1.40. The van der Waals surface area contributed by atoms with E-state index in [2.05, 4.69) is 16.7 Å². The number of nitriles is 1. The molecule has 2 aliphatic rings. The number of hydrogen-bond acceptors (Lipinski definition) is 6. The van der Waals surface area contributed by atoms with Gasteiger partial charge in [0.25, 0.3) is 11.8 Å². The van der Waals surface area contributed by atoms with Crippen molar-refractivity contribution in [1.82, 2.24) is 15.5 Å². The number of thiophene rings is 1. The molecule has 0 spiro atoms. The van der Waals surface area contributed by atoms with Crippen LogP contribution >= 0.6 is 11.3 Å². The van der Waals surface area contributed by atoms with Gasteiger partial charge in [-0.1, -0.05) is 24.3 Å². The average molecular weight is 439 g/mol. The van der Waals surface area contributed by atoms with Crippen LogP contribution in [-0.2, 0) is 16.0 Å². The monoisotopic (exact) mass is 438 g/mol. The second-order valence-electron chi connectivity index (χ2n) is 7.99. The van der Waals surface area contributed by atoms with Crippen molar-refractivity contribution in [3.8, 4) is 16.5 Å². The fraction of sp³-hybridized carbons (Fsp3) is 0.435. The Hall–Kier alpha value is -2.73. The number of amides is 2. The Morgan fingerprint density at radius 1 is 1.42 bits per heavy atom. The first kappa shape index (κ1) is 21.5. The highest BCUT2D eigenvalue weighted by molar-refractivity contribution is 7.16. The number of hydrogen-bond donors (Lipinski definition) is 2. The SMILES string of the molecule is CC1c2sc(-c3ccc(C[C@H](C#N)NC(=O)[C@@H]4CNCCCO4)cc3)cc2C(=O)N1C.